The third-order valence-corrected chi connectivity index (χ3v) is 3.98. The number of aromatic carboxylic acids is 4. The predicted molar refractivity (Wildman–Crippen MR) is 93.5 cm³/mol. The van der Waals surface area contributed by atoms with Crippen LogP contribution in [0.3, 0.4) is 0 Å². The molecule has 26 heavy (non-hydrogen) atoms. The topological polar surface area (TPSA) is 149 Å². The molecule has 3 rings (SSSR count). The number of carbonyl (C=O) groups is 4. The van der Waals surface area contributed by atoms with Crippen LogP contribution in [0.15, 0.2) is 36.4 Å². The van der Waals surface area contributed by atoms with Crippen molar-refractivity contribution in [3.05, 3.63) is 58.7 Å². The van der Waals surface area contributed by atoms with Crippen LogP contribution >= 0.6 is 0 Å². The summed E-state index contributed by atoms with van der Waals surface area (Å²) >= 11 is 0. The predicted octanol–water partition coefficient (Wildman–Crippen LogP) is 3.28. The average Bonchev–Trinajstić information content (AvgIpc) is 2.57. The Morgan fingerprint density at radius 1 is 0.538 bits per heavy atom. The summed E-state index contributed by atoms with van der Waals surface area (Å²) in [6.45, 7) is 0. The van der Waals surface area contributed by atoms with E-state index in [1.54, 1.807) is 0 Å². The van der Waals surface area contributed by atoms with E-state index in [1.807, 2.05) is 0 Å². The highest BCUT2D eigenvalue weighted by Gasteiger charge is 2.19. The van der Waals surface area contributed by atoms with Gasteiger partial charge in [-0.3, -0.25) is 0 Å². The first-order valence-electron chi connectivity index (χ1n) is 7.18. The Bertz CT molecular complexity index is 1150. The van der Waals surface area contributed by atoms with E-state index in [9.17, 15) is 34.5 Å². The average molecular weight is 358 g/mol. The van der Waals surface area contributed by atoms with Gasteiger partial charge in [0.2, 0.25) is 0 Å². The lowest BCUT2D eigenvalue weighted by molar-refractivity contribution is 0.0652. The Labute approximate surface area is 147 Å². The molecule has 0 saturated heterocycles. The van der Waals surface area contributed by atoms with Crippen LogP contribution < -0.4 is 0 Å². The maximum absolute atomic E-state index is 11.5. The maximum Gasteiger partial charge on any atom is 0.336 e. The van der Waals surface area contributed by atoms with Crippen LogP contribution in [0.5, 0.6) is 0 Å². The fourth-order valence-corrected chi connectivity index (χ4v) is 2.82. The summed E-state index contributed by atoms with van der Waals surface area (Å²) in [4.78, 5) is 45.3. The van der Waals surface area contributed by atoms with Gasteiger partial charge >= 0.3 is 23.9 Å². The Morgan fingerprint density at radius 2 is 1.04 bits per heavy atom. The molecule has 3 aromatic rings. The molecule has 0 spiro atoms. The lowest BCUT2D eigenvalue weighted by Gasteiger charge is -2.10. The lowest BCUT2D eigenvalue weighted by atomic mass is 9.94. The second kappa shape index (κ2) is 5.85. The van der Waals surface area contributed by atoms with Crippen LogP contribution in [-0.2, 0) is 0 Å². The summed E-state index contributed by atoms with van der Waals surface area (Å²) in [6, 6.07) is 7.43. The minimum absolute atomic E-state index is 0. The lowest BCUT2D eigenvalue weighted by Crippen LogP contribution is -2.08. The van der Waals surface area contributed by atoms with E-state index >= 15 is 0 Å². The second-order valence-electron chi connectivity index (χ2n) is 5.56. The Hall–Kier alpha value is -3.94. The van der Waals surface area contributed by atoms with Gasteiger partial charge in [-0.2, -0.15) is 0 Å². The van der Waals surface area contributed by atoms with Crippen LogP contribution in [0.25, 0.3) is 21.5 Å². The quantitative estimate of drug-likeness (QED) is 0.519. The van der Waals surface area contributed by atoms with Crippen LogP contribution in [0.4, 0.5) is 0 Å². The van der Waals surface area contributed by atoms with Gasteiger partial charge in [0.05, 0.1) is 22.3 Å². The largest absolute Gasteiger partial charge is 0.478 e. The van der Waals surface area contributed by atoms with E-state index in [0.29, 0.717) is 10.8 Å². The number of hydrogen-bond donors (Lipinski definition) is 4. The van der Waals surface area contributed by atoms with E-state index in [0.717, 1.165) is 18.2 Å². The summed E-state index contributed by atoms with van der Waals surface area (Å²) in [6.07, 6.45) is 0. The van der Waals surface area contributed by atoms with E-state index in [-0.39, 0.29) is 24.8 Å². The van der Waals surface area contributed by atoms with Gasteiger partial charge in [-0.25, -0.2) is 19.2 Å². The third kappa shape index (κ3) is 2.69. The number of carboxylic acids is 4. The van der Waals surface area contributed by atoms with Gasteiger partial charge in [-0.1, -0.05) is 0 Å². The normalized spacial score (nSPS) is 10.8. The maximum atomic E-state index is 11.5. The summed E-state index contributed by atoms with van der Waals surface area (Å²) in [7, 11) is 0. The van der Waals surface area contributed by atoms with Gasteiger partial charge in [0, 0.05) is 2.85 Å². The van der Waals surface area contributed by atoms with Crippen LogP contribution in [-0.4, -0.2) is 44.3 Å². The number of fused-ring (bicyclic) bond motifs is 2. The van der Waals surface area contributed by atoms with Crippen molar-refractivity contribution < 1.29 is 42.5 Å². The van der Waals surface area contributed by atoms with Crippen molar-refractivity contribution in [1.29, 1.82) is 0 Å². The van der Waals surface area contributed by atoms with Crippen molar-refractivity contribution >= 4 is 45.4 Å². The molecule has 4 N–H and O–H groups in total. The minimum Gasteiger partial charge on any atom is -0.478 e. The zero-order chi connectivity index (χ0) is 19.2. The summed E-state index contributed by atoms with van der Waals surface area (Å²) in [5.74, 6) is -5.49. The molecule has 134 valence electrons. The highest BCUT2D eigenvalue weighted by molar-refractivity contribution is 6.13. The van der Waals surface area contributed by atoms with Gasteiger partial charge in [0.15, 0.2) is 0 Å². The zero-order valence-corrected chi connectivity index (χ0v) is 12.9. The first kappa shape index (κ1) is 16.9. The van der Waals surface area contributed by atoms with Crippen LogP contribution in [0, 0.1) is 0 Å². The molecule has 0 heterocycles. The minimum atomic E-state index is -1.43. The molecule has 0 aliphatic rings. The van der Waals surface area contributed by atoms with E-state index < -0.39 is 35.0 Å². The summed E-state index contributed by atoms with van der Waals surface area (Å²) < 4.78 is 0. The van der Waals surface area contributed by atoms with Gasteiger partial charge in [0.1, 0.15) is 0 Å². The third-order valence-electron chi connectivity index (χ3n) is 3.98. The molecule has 0 atom stereocenters. The van der Waals surface area contributed by atoms with Crippen molar-refractivity contribution in [3.8, 4) is 0 Å². The van der Waals surface area contributed by atoms with Crippen molar-refractivity contribution in [2.24, 2.45) is 0 Å². The molecule has 0 amide bonds. The smallest absolute Gasteiger partial charge is 0.336 e. The van der Waals surface area contributed by atoms with Crippen LogP contribution in [0.1, 0.15) is 44.3 Å². The number of carboxylic acid groups (broad SMARTS) is 4. The first-order chi connectivity index (χ1) is 12.2. The Balaban J connectivity index is 0.00000196. The molecule has 0 aromatic heterocycles. The molecule has 0 radical (unpaired) electrons. The molecule has 0 bridgehead atoms. The number of hydrogen-bond acceptors (Lipinski definition) is 4. The number of benzene rings is 3. The van der Waals surface area contributed by atoms with Gasteiger partial charge in [0.25, 0.3) is 0 Å². The van der Waals surface area contributed by atoms with E-state index in [4.69, 9.17) is 5.11 Å². The second-order valence-corrected chi connectivity index (χ2v) is 5.56. The van der Waals surface area contributed by atoms with E-state index in [2.05, 4.69) is 0 Å². The summed E-state index contributed by atoms with van der Waals surface area (Å²) in [5.41, 5.74) is -1.32. The molecule has 0 aliphatic heterocycles. The monoisotopic (exact) mass is 358 g/mol. The molecular formula is C18H14O8. The van der Waals surface area contributed by atoms with Crippen molar-refractivity contribution in [1.82, 2.24) is 0 Å². The van der Waals surface area contributed by atoms with E-state index in [1.165, 1.54) is 18.2 Å². The Morgan fingerprint density at radius 3 is 1.50 bits per heavy atom. The standard InChI is InChI=1S/C18H10O8.2H2/c19-15(20)10-2-9-1-7-4-13(17(23)24)14(18(25)26)5-8(7)3-11(9)12(6-10)16(21)22;;/h1-6H,(H,19,20)(H,21,22)(H,23,24)(H,25,26);2*1H. The molecule has 0 unspecified atom stereocenters. The van der Waals surface area contributed by atoms with Gasteiger partial charge in [-0.05, 0) is 57.9 Å². The molecule has 0 aliphatic carbocycles. The first-order valence-corrected chi connectivity index (χ1v) is 7.18. The Kier molecular flexibility index (Phi) is 3.80. The molecule has 8 nitrogen and oxygen atoms in total. The van der Waals surface area contributed by atoms with Crippen molar-refractivity contribution in [2.75, 3.05) is 0 Å². The zero-order valence-electron chi connectivity index (χ0n) is 12.9. The SMILES string of the molecule is O=C(O)c1cc(C(=O)O)c2cc3cc(C(=O)O)c(C(=O)O)cc3cc2c1.[HH].[HH]. The van der Waals surface area contributed by atoms with Gasteiger partial charge < -0.3 is 20.4 Å². The molecule has 8 heteroatoms. The van der Waals surface area contributed by atoms with Gasteiger partial charge in [-0.15, -0.1) is 0 Å². The molecular weight excluding hydrogens is 344 g/mol. The highest BCUT2D eigenvalue weighted by atomic mass is 16.4. The van der Waals surface area contributed by atoms with Crippen LogP contribution in [0.2, 0.25) is 0 Å². The van der Waals surface area contributed by atoms with Crippen molar-refractivity contribution in [2.45, 2.75) is 0 Å². The molecule has 0 fully saturated rings. The molecule has 0 saturated carbocycles. The fraction of sp³-hybridized carbons (Fsp3) is 0. The highest BCUT2D eigenvalue weighted by Crippen LogP contribution is 2.29. The van der Waals surface area contributed by atoms with Crippen molar-refractivity contribution in [3.63, 3.8) is 0 Å². The summed E-state index contributed by atoms with van der Waals surface area (Å²) in [5, 5.41) is 38.1. The fourth-order valence-electron chi connectivity index (χ4n) is 2.82. The molecule has 3 aromatic carbocycles. The number of rotatable bonds is 4.